The number of hydrogen-bond donors (Lipinski definition) is 1. The molecule has 0 spiro atoms. The number of amides is 2. The Kier molecular flexibility index (Phi) is 7.29. The molecule has 5 nitrogen and oxygen atoms in total. The average Bonchev–Trinajstić information content (AvgIpc) is 2.99. The van der Waals surface area contributed by atoms with E-state index in [0.29, 0.717) is 18.8 Å². The Morgan fingerprint density at radius 2 is 2.04 bits per heavy atom. The number of rotatable bonds is 9. The molecule has 2 rings (SSSR count). The van der Waals surface area contributed by atoms with E-state index < -0.39 is 0 Å². The van der Waals surface area contributed by atoms with Crippen molar-refractivity contribution in [2.75, 3.05) is 25.1 Å². The second-order valence-electron chi connectivity index (χ2n) is 6.79. The van der Waals surface area contributed by atoms with Crippen molar-refractivity contribution in [1.29, 1.82) is 0 Å². The first-order chi connectivity index (χ1) is 12.1. The number of ether oxygens (including phenoxy) is 1. The van der Waals surface area contributed by atoms with Gasteiger partial charge in [-0.05, 0) is 31.0 Å². The van der Waals surface area contributed by atoms with Crippen LogP contribution in [0.1, 0.15) is 51.0 Å². The van der Waals surface area contributed by atoms with Crippen LogP contribution in [0.3, 0.4) is 0 Å². The van der Waals surface area contributed by atoms with Gasteiger partial charge in [0.2, 0.25) is 11.8 Å². The molecule has 0 aliphatic carbocycles. The predicted octanol–water partition coefficient (Wildman–Crippen LogP) is 3.44. The highest BCUT2D eigenvalue weighted by Crippen LogP contribution is 2.33. The highest BCUT2D eigenvalue weighted by atomic mass is 16.5. The molecule has 5 heteroatoms. The lowest BCUT2D eigenvalue weighted by Gasteiger charge is -2.20. The molecule has 1 saturated heterocycles. The third kappa shape index (κ3) is 5.21. The van der Waals surface area contributed by atoms with E-state index in [-0.39, 0.29) is 24.2 Å². The van der Waals surface area contributed by atoms with Gasteiger partial charge in [-0.3, -0.25) is 9.59 Å². The molecule has 25 heavy (non-hydrogen) atoms. The van der Waals surface area contributed by atoms with Crippen molar-refractivity contribution in [3.63, 3.8) is 0 Å². The minimum Gasteiger partial charge on any atom is -0.495 e. The van der Waals surface area contributed by atoms with Gasteiger partial charge in [0.15, 0.2) is 0 Å². The molecule has 0 radical (unpaired) electrons. The van der Waals surface area contributed by atoms with Gasteiger partial charge in [-0.15, -0.1) is 0 Å². The minimum absolute atomic E-state index is 0.0158. The van der Waals surface area contributed by atoms with Crippen LogP contribution >= 0.6 is 0 Å². The van der Waals surface area contributed by atoms with Gasteiger partial charge in [-0.25, -0.2) is 0 Å². The fraction of sp³-hybridized carbons (Fsp3) is 0.600. The summed E-state index contributed by atoms with van der Waals surface area (Å²) in [6.45, 7) is 5.28. The summed E-state index contributed by atoms with van der Waals surface area (Å²) >= 11 is 0. The molecule has 1 heterocycles. The number of carbonyl (C=O) groups is 2. The lowest BCUT2D eigenvalue weighted by Crippen LogP contribution is -2.33. The van der Waals surface area contributed by atoms with E-state index in [9.17, 15) is 9.59 Å². The fourth-order valence-electron chi connectivity index (χ4n) is 3.21. The molecule has 2 amide bonds. The van der Waals surface area contributed by atoms with Crippen LogP contribution in [-0.2, 0) is 9.59 Å². The Hall–Kier alpha value is -2.04. The summed E-state index contributed by atoms with van der Waals surface area (Å²) in [5.41, 5.74) is 1.81. The first-order valence-corrected chi connectivity index (χ1v) is 9.29. The number of nitrogens with zero attached hydrogens (tertiary/aromatic N) is 1. The summed E-state index contributed by atoms with van der Waals surface area (Å²) in [7, 11) is 1.59. The number of methoxy groups -OCH3 is 1. The Morgan fingerprint density at radius 1 is 1.28 bits per heavy atom. The van der Waals surface area contributed by atoms with Crippen molar-refractivity contribution in [2.24, 2.45) is 5.92 Å². The maximum atomic E-state index is 12.4. The fourth-order valence-corrected chi connectivity index (χ4v) is 3.21. The van der Waals surface area contributed by atoms with Gasteiger partial charge in [0.05, 0.1) is 18.7 Å². The molecule has 0 aromatic heterocycles. The monoisotopic (exact) mass is 346 g/mol. The van der Waals surface area contributed by atoms with Gasteiger partial charge in [-0.2, -0.15) is 0 Å². The van der Waals surface area contributed by atoms with Gasteiger partial charge in [-0.1, -0.05) is 38.7 Å². The largest absolute Gasteiger partial charge is 0.495 e. The maximum absolute atomic E-state index is 12.4. The summed E-state index contributed by atoms with van der Waals surface area (Å²) in [5.74, 6) is 0.342. The topological polar surface area (TPSA) is 58.6 Å². The lowest BCUT2D eigenvalue weighted by atomic mass is 10.1. The zero-order valence-corrected chi connectivity index (χ0v) is 15.6. The molecule has 1 aromatic carbocycles. The normalized spacial score (nSPS) is 17.0. The summed E-state index contributed by atoms with van der Waals surface area (Å²) < 4.78 is 5.37. The first kappa shape index (κ1) is 19.3. The number of aryl methyl sites for hydroxylation is 1. The molecule has 0 saturated carbocycles. The molecule has 1 aliphatic heterocycles. The molecule has 1 fully saturated rings. The lowest BCUT2D eigenvalue weighted by molar-refractivity contribution is -0.126. The maximum Gasteiger partial charge on any atom is 0.227 e. The van der Waals surface area contributed by atoms with Crippen LogP contribution in [0, 0.1) is 12.8 Å². The first-order valence-electron chi connectivity index (χ1n) is 9.29. The Morgan fingerprint density at radius 3 is 2.76 bits per heavy atom. The van der Waals surface area contributed by atoms with Gasteiger partial charge in [0.1, 0.15) is 5.75 Å². The molecule has 1 atom stereocenters. The van der Waals surface area contributed by atoms with Gasteiger partial charge in [0.25, 0.3) is 0 Å². The average molecular weight is 346 g/mol. The van der Waals surface area contributed by atoms with E-state index >= 15 is 0 Å². The highest BCUT2D eigenvalue weighted by Gasteiger charge is 2.36. The minimum atomic E-state index is -0.284. The molecule has 1 unspecified atom stereocenters. The van der Waals surface area contributed by atoms with E-state index in [1.807, 2.05) is 25.1 Å². The summed E-state index contributed by atoms with van der Waals surface area (Å²) in [4.78, 5) is 26.4. The quantitative estimate of drug-likeness (QED) is 0.697. The van der Waals surface area contributed by atoms with Crippen LogP contribution < -0.4 is 15.0 Å². The van der Waals surface area contributed by atoms with Gasteiger partial charge >= 0.3 is 0 Å². The molecule has 1 N–H and O–H groups in total. The third-order valence-electron chi connectivity index (χ3n) is 4.70. The molecule has 0 bridgehead atoms. The Balaban J connectivity index is 1.89. The zero-order chi connectivity index (χ0) is 18.2. The molecular weight excluding hydrogens is 316 g/mol. The molecular formula is C20H30N2O3. The number of hydrogen-bond acceptors (Lipinski definition) is 3. The number of unbranched alkanes of at least 4 members (excludes halogenated alkanes) is 4. The summed E-state index contributed by atoms with van der Waals surface area (Å²) in [6, 6.07) is 5.75. The van der Waals surface area contributed by atoms with Crippen LogP contribution in [0.15, 0.2) is 18.2 Å². The third-order valence-corrected chi connectivity index (χ3v) is 4.70. The number of anilines is 1. The van der Waals surface area contributed by atoms with Gasteiger partial charge < -0.3 is 15.0 Å². The van der Waals surface area contributed by atoms with E-state index in [1.165, 1.54) is 19.3 Å². The van der Waals surface area contributed by atoms with E-state index in [2.05, 4.69) is 12.2 Å². The van der Waals surface area contributed by atoms with Crippen molar-refractivity contribution < 1.29 is 14.3 Å². The number of benzene rings is 1. The van der Waals surface area contributed by atoms with E-state index in [4.69, 9.17) is 4.74 Å². The smallest absolute Gasteiger partial charge is 0.227 e. The van der Waals surface area contributed by atoms with E-state index in [1.54, 1.807) is 12.0 Å². The SMILES string of the molecule is CCCCCCCNC(=O)C1CC(=O)N(c2cc(C)ccc2OC)C1. The standard InChI is InChI=1S/C20H30N2O3/c1-4-5-6-7-8-11-21-20(24)16-13-19(23)22(14-16)17-12-15(2)9-10-18(17)25-3/h9-10,12,16H,4-8,11,13-14H2,1-3H3,(H,21,24). The molecule has 1 aromatic rings. The van der Waals surface area contributed by atoms with Crippen molar-refractivity contribution in [2.45, 2.75) is 52.4 Å². The number of carbonyl (C=O) groups excluding carboxylic acids is 2. The Labute approximate surface area is 150 Å². The van der Waals surface area contributed by atoms with Gasteiger partial charge in [0, 0.05) is 19.5 Å². The van der Waals surface area contributed by atoms with Crippen LogP contribution in [0.5, 0.6) is 5.75 Å². The van der Waals surface area contributed by atoms with E-state index in [0.717, 1.165) is 24.1 Å². The van der Waals surface area contributed by atoms with Crippen LogP contribution in [0.4, 0.5) is 5.69 Å². The number of nitrogens with one attached hydrogen (secondary N) is 1. The Bertz CT molecular complexity index is 601. The summed E-state index contributed by atoms with van der Waals surface area (Å²) in [5, 5.41) is 2.98. The predicted molar refractivity (Wildman–Crippen MR) is 100.0 cm³/mol. The van der Waals surface area contributed by atoms with Crippen molar-refractivity contribution in [1.82, 2.24) is 5.32 Å². The van der Waals surface area contributed by atoms with Crippen LogP contribution in [0.2, 0.25) is 0 Å². The van der Waals surface area contributed by atoms with Crippen LogP contribution in [0.25, 0.3) is 0 Å². The molecule has 1 aliphatic rings. The second-order valence-corrected chi connectivity index (χ2v) is 6.79. The zero-order valence-electron chi connectivity index (χ0n) is 15.6. The van der Waals surface area contributed by atoms with Crippen LogP contribution in [-0.4, -0.2) is 32.0 Å². The summed E-state index contributed by atoms with van der Waals surface area (Å²) in [6.07, 6.45) is 6.09. The highest BCUT2D eigenvalue weighted by molar-refractivity contribution is 6.01. The second kappa shape index (κ2) is 9.44. The van der Waals surface area contributed by atoms with Crippen molar-refractivity contribution >= 4 is 17.5 Å². The van der Waals surface area contributed by atoms with Crippen molar-refractivity contribution in [3.05, 3.63) is 23.8 Å². The van der Waals surface area contributed by atoms with Crippen molar-refractivity contribution in [3.8, 4) is 5.75 Å². The molecule has 138 valence electrons.